The zero-order valence-electron chi connectivity index (χ0n) is 10.0. The molecule has 1 saturated heterocycles. The van der Waals surface area contributed by atoms with Crippen LogP contribution in [0.5, 0.6) is 0 Å². The first kappa shape index (κ1) is 16.1. The summed E-state index contributed by atoms with van der Waals surface area (Å²) in [5.74, 6) is -2.60. The molecular formula is C12H14Cl2F2N2O. The van der Waals surface area contributed by atoms with Gasteiger partial charge in [0.15, 0.2) is 11.6 Å². The standard InChI is InChI=1S/C12H13ClF2N2O.ClH/c13-9-6-11(15)10(14)5-8(9)12(18)17-7-1-3-16-4-2-7;/h5-7,16H,1-4H2,(H,17,18);1H. The Labute approximate surface area is 121 Å². The van der Waals surface area contributed by atoms with Crippen LogP contribution in [0.3, 0.4) is 0 Å². The average Bonchev–Trinajstić information content (AvgIpc) is 2.35. The number of hydrogen-bond acceptors (Lipinski definition) is 2. The SMILES string of the molecule is Cl.O=C(NC1CCNCC1)c1cc(F)c(F)cc1Cl. The Hall–Kier alpha value is -0.910. The van der Waals surface area contributed by atoms with E-state index in [1.165, 1.54) is 0 Å². The molecule has 2 rings (SSSR count). The number of piperidine rings is 1. The van der Waals surface area contributed by atoms with Crippen LogP contribution in [0.4, 0.5) is 8.78 Å². The van der Waals surface area contributed by atoms with Crippen molar-refractivity contribution in [3.8, 4) is 0 Å². The fraction of sp³-hybridized carbons (Fsp3) is 0.417. The number of benzene rings is 1. The van der Waals surface area contributed by atoms with E-state index in [1.54, 1.807) is 0 Å². The third-order valence-corrected chi connectivity index (χ3v) is 3.24. The molecule has 1 fully saturated rings. The van der Waals surface area contributed by atoms with E-state index in [9.17, 15) is 13.6 Å². The van der Waals surface area contributed by atoms with Gasteiger partial charge in [0.1, 0.15) is 0 Å². The minimum atomic E-state index is -1.07. The maximum absolute atomic E-state index is 13.1. The van der Waals surface area contributed by atoms with Crippen molar-refractivity contribution in [2.24, 2.45) is 0 Å². The molecule has 0 radical (unpaired) electrons. The maximum atomic E-state index is 13.1. The summed E-state index contributed by atoms with van der Waals surface area (Å²) in [6, 6.07) is 1.69. The third-order valence-electron chi connectivity index (χ3n) is 2.93. The summed E-state index contributed by atoms with van der Waals surface area (Å²) >= 11 is 5.73. The highest BCUT2D eigenvalue weighted by molar-refractivity contribution is 6.33. The van der Waals surface area contributed by atoms with Crippen LogP contribution in [0, 0.1) is 11.6 Å². The van der Waals surface area contributed by atoms with Crippen molar-refractivity contribution in [1.82, 2.24) is 10.6 Å². The maximum Gasteiger partial charge on any atom is 0.253 e. The van der Waals surface area contributed by atoms with Gasteiger partial charge in [-0.15, -0.1) is 12.4 Å². The van der Waals surface area contributed by atoms with Crippen LogP contribution in [-0.2, 0) is 0 Å². The molecule has 1 aromatic rings. The summed E-state index contributed by atoms with van der Waals surface area (Å²) in [7, 11) is 0. The van der Waals surface area contributed by atoms with Crippen LogP contribution >= 0.6 is 24.0 Å². The fourth-order valence-corrected chi connectivity index (χ4v) is 2.16. The van der Waals surface area contributed by atoms with E-state index in [2.05, 4.69) is 10.6 Å². The van der Waals surface area contributed by atoms with Crippen molar-refractivity contribution in [2.75, 3.05) is 13.1 Å². The van der Waals surface area contributed by atoms with Crippen LogP contribution in [0.15, 0.2) is 12.1 Å². The molecule has 7 heteroatoms. The van der Waals surface area contributed by atoms with Gasteiger partial charge in [-0.2, -0.15) is 0 Å². The number of carbonyl (C=O) groups is 1. The van der Waals surface area contributed by atoms with E-state index in [0.717, 1.165) is 38.1 Å². The summed E-state index contributed by atoms with van der Waals surface area (Å²) in [5.41, 5.74) is -0.0332. The molecule has 0 atom stereocenters. The van der Waals surface area contributed by atoms with Gasteiger partial charge in [-0.25, -0.2) is 8.78 Å². The number of amides is 1. The first-order chi connectivity index (χ1) is 8.58. The molecule has 0 bridgehead atoms. The number of carbonyl (C=O) groups excluding carboxylic acids is 1. The van der Waals surface area contributed by atoms with E-state index in [0.29, 0.717) is 0 Å². The van der Waals surface area contributed by atoms with Crippen molar-refractivity contribution in [1.29, 1.82) is 0 Å². The summed E-state index contributed by atoms with van der Waals surface area (Å²) in [4.78, 5) is 11.9. The zero-order valence-corrected chi connectivity index (χ0v) is 11.6. The Morgan fingerprint density at radius 3 is 2.47 bits per heavy atom. The topological polar surface area (TPSA) is 41.1 Å². The summed E-state index contributed by atoms with van der Waals surface area (Å²) in [6.07, 6.45) is 1.63. The number of halogens is 4. The molecule has 1 aliphatic rings. The highest BCUT2D eigenvalue weighted by Crippen LogP contribution is 2.20. The lowest BCUT2D eigenvalue weighted by Crippen LogP contribution is -2.42. The Bertz CT molecular complexity index is 465. The van der Waals surface area contributed by atoms with Gasteiger partial charge in [0.25, 0.3) is 5.91 Å². The van der Waals surface area contributed by atoms with Gasteiger partial charge in [-0.1, -0.05) is 11.6 Å². The van der Waals surface area contributed by atoms with Crippen molar-refractivity contribution >= 4 is 29.9 Å². The Morgan fingerprint density at radius 2 is 1.84 bits per heavy atom. The molecule has 1 aromatic carbocycles. The lowest BCUT2D eigenvalue weighted by Gasteiger charge is -2.23. The second-order valence-corrected chi connectivity index (χ2v) is 4.65. The number of hydrogen-bond donors (Lipinski definition) is 2. The summed E-state index contributed by atoms with van der Waals surface area (Å²) in [6.45, 7) is 1.66. The molecular weight excluding hydrogens is 297 g/mol. The first-order valence-corrected chi connectivity index (χ1v) is 6.12. The predicted molar refractivity (Wildman–Crippen MR) is 72.0 cm³/mol. The van der Waals surface area contributed by atoms with Crippen LogP contribution in [-0.4, -0.2) is 25.0 Å². The van der Waals surface area contributed by atoms with Crippen LogP contribution < -0.4 is 10.6 Å². The molecule has 0 saturated carbocycles. The monoisotopic (exact) mass is 310 g/mol. The van der Waals surface area contributed by atoms with E-state index >= 15 is 0 Å². The smallest absolute Gasteiger partial charge is 0.253 e. The molecule has 0 unspecified atom stereocenters. The lowest BCUT2D eigenvalue weighted by atomic mass is 10.1. The first-order valence-electron chi connectivity index (χ1n) is 5.74. The molecule has 0 spiro atoms. The minimum absolute atomic E-state index is 0. The molecule has 1 aliphatic heterocycles. The van der Waals surface area contributed by atoms with Gasteiger partial charge in [0.05, 0.1) is 10.6 Å². The number of rotatable bonds is 2. The third kappa shape index (κ3) is 4.03. The zero-order chi connectivity index (χ0) is 13.1. The minimum Gasteiger partial charge on any atom is -0.349 e. The summed E-state index contributed by atoms with van der Waals surface area (Å²) in [5, 5.41) is 5.86. The highest BCUT2D eigenvalue weighted by atomic mass is 35.5. The van der Waals surface area contributed by atoms with E-state index in [-0.39, 0.29) is 29.0 Å². The molecule has 0 aliphatic carbocycles. The van der Waals surface area contributed by atoms with Crippen molar-refractivity contribution in [2.45, 2.75) is 18.9 Å². The van der Waals surface area contributed by atoms with Gasteiger partial charge in [0.2, 0.25) is 0 Å². The Balaban J connectivity index is 0.00000180. The van der Waals surface area contributed by atoms with E-state index in [1.807, 2.05) is 0 Å². The van der Waals surface area contributed by atoms with E-state index in [4.69, 9.17) is 11.6 Å². The van der Waals surface area contributed by atoms with Gasteiger partial charge >= 0.3 is 0 Å². The molecule has 2 N–H and O–H groups in total. The van der Waals surface area contributed by atoms with Crippen molar-refractivity contribution < 1.29 is 13.6 Å². The van der Waals surface area contributed by atoms with Gasteiger partial charge in [-0.3, -0.25) is 4.79 Å². The molecule has 106 valence electrons. The van der Waals surface area contributed by atoms with E-state index < -0.39 is 17.5 Å². The van der Waals surface area contributed by atoms with Crippen LogP contribution in [0.2, 0.25) is 5.02 Å². The predicted octanol–water partition coefficient (Wildman–Crippen LogP) is 2.52. The molecule has 19 heavy (non-hydrogen) atoms. The van der Waals surface area contributed by atoms with Gasteiger partial charge < -0.3 is 10.6 Å². The van der Waals surface area contributed by atoms with Crippen LogP contribution in [0.25, 0.3) is 0 Å². The second kappa shape index (κ2) is 7.03. The van der Waals surface area contributed by atoms with Crippen molar-refractivity contribution in [3.63, 3.8) is 0 Å². The highest BCUT2D eigenvalue weighted by Gasteiger charge is 2.19. The normalized spacial score (nSPS) is 15.7. The molecule has 3 nitrogen and oxygen atoms in total. The summed E-state index contributed by atoms with van der Waals surface area (Å²) < 4.78 is 26.0. The lowest BCUT2D eigenvalue weighted by molar-refractivity contribution is 0.0929. The van der Waals surface area contributed by atoms with Crippen LogP contribution in [0.1, 0.15) is 23.2 Å². The Morgan fingerprint density at radius 1 is 1.26 bits per heavy atom. The average molecular weight is 311 g/mol. The quantitative estimate of drug-likeness (QED) is 0.824. The second-order valence-electron chi connectivity index (χ2n) is 4.24. The largest absolute Gasteiger partial charge is 0.349 e. The number of nitrogens with one attached hydrogen (secondary N) is 2. The molecule has 1 amide bonds. The van der Waals surface area contributed by atoms with Crippen molar-refractivity contribution in [3.05, 3.63) is 34.4 Å². The molecule has 0 aromatic heterocycles. The van der Waals surface area contributed by atoms with Gasteiger partial charge in [-0.05, 0) is 38.1 Å². The molecule has 1 heterocycles. The fourth-order valence-electron chi connectivity index (χ4n) is 1.93. The van der Waals surface area contributed by atoms with Gasteiger partial charge in [0, 0.05) is 6.04 Å². The Kier molecular flexibility index (Phi) is 5.97.